The van der Waals surface area contributed by atoms with Crippen molar-refractivity contribution in [1.82, 2.24) is 24.4 Å². The van der Waals surface area contributed by atoms with Crippen molar-refractivity contribution in [2.24, 2.45) is 0 Å². The number of imidazole rings is 1. The van der Waals surface area contributed by atoms with Crippen LogP contribution in [0.4, 0.5) is 10.6 Å². The topological polar surface area (TPSA) is 99.2 Å². The molecule has 2 aromatic rings. The highest BCUT2D eigenvalue weighted by Gasteiger charge is 2.20. The monoisotopic (exact) mass is 262 g/mol. The number of nitrogens with two attached hydrogens (primary N) is 1. The van der Waals surface area contributed by atoms with Gasteiger partial charge in [0.25, 0.3) is 0 Å². The predicted octanol–water partition coefficient (Wildman–Crippen LogP) is 0.251. The maximum Gasteiger partial charge on any atom is 0.409 e. The maximum absolute atomic E-state index is 11.3. The summed E-state index contributed by atoms with van der Waals surface area (Å²) in [5.74, 6) is 0.381. The molecule has 0 atom stereocenters. The first-order valence-corrected chi connectivity index (χ1v) is 6.09. The Morgan fingerprint density at radius 3 is 3.00 bits per heavy atom. The van der Waals surface area contributed by atoms with Crippen molar-refractivity contribution in [3.8, 4) is 0 Å². The lowest BCUT2D eigenvalue weighted by atomic mass is 10.4. The van der Waals surface area contributed by atoms with E-state index in [-0.39, 0.29) is 6.09 Å². The van der Waals surface area contributed by atoms with E-state index in [0.29, 0.717) is 31.0 Å². The minimum absolute atomic E-state index is 0.234. The van der Waals surface area contributed by atoms with Gasteiger partial charge in [0.2, 0.25) is 0 Å². The number of carbonyl (C=O) groups is 1. The van der Waals surface area contributed by atoms with Crippen LogP contribution < -0.4 is 5.73 Å². The standard InChI is InChI=1S/C11H14N6O2/c12-9-8-10(14-6-13-9)17(7-15-8)3-1-2-16-4-5-19-11(16)18/h6-7H,1-5H2,(H2,12,13,14). The molecule has 19 heavy (non-hydrogen) atoms. The average Bonchev–Trinajstić information content (AvgIpc) is 2.98. The maximum atomic E-state index is 11.3. The third kappa shape index (κ3) is 2.16. The van der Waals surface area contributed by atoms with Crippen LogP contribution in [0.15, 0.2) is 12.7 Å². The van der Waals surface area contributed by atoms with E-state index in [2.05, 4.69) is 15.0 Å². The lowest BCUT2D eigenvalue weighted by Gasteiger charge is -2.12. The van der Waals surface area contributed by atoms with Crippen molar-refractivity contribution >= 4 is 23.1 Å². The SMILES string of the molecule is Nc1ncnc2c1ncn2CCCN1CCOC1=O. The number of rotatable bonds is 4. The number of aryl methyl sites for hydroxylation is 1. The first-order valence-electron chi connectivity index (χ1n) is 6.09. The number of carbonyl (C=O) groups excluding carboxylic acids is 1. The van der Waals surface area contributed by atoms with Crippen molar-refractivity contribution in [3.63, 3.8) is 0 Å². The zero-order valence-corrected chi connectivity index (χ0v) is 10.3. The molecule has 0 aliphatic carbocycles. The molecule has 8 heteroatoms. The van der Waals surface area contributed by atoms with E-state index in [1.807, 2.05) is 4.57 Å². The molecule has 1 amide bonds. The molecule has 2 aromatic heterocycles. The van der Waals surface area contributed by atoms with E-state index in [0.717, 1.165) is 18.6 Å². The van der Waals surface area contributed by atoms with E-state index in [4.69, 9.17) is 10.5 Å². The Labute approximate surface area is 109 Å². The van der Waals surface area contributed by atoms with Crippen LogP contribution in [0.3, 0.4) is 0 Å². The Bertz CT molecular complexity index is 610. The van der Waals surface area contributed by atoms with E-state index in [1.54, 1.807) is 11.2 Å². The van der Waals surface area contributed by atoms with Crippen LogP contribution in [0.1, 0.15) is 6.42 Å². The molecule has 3 heterocycles. The molecule has 100 valence electrons. The molecule has 0 radical (unpaired) electrons. The molecule has 0 spiro atoms. The van der Waals surface area contributed by atoms with Gasteiger partial charge in [-0.15, -0.1) is 0 Å². The van der Waals surface area contributed by atoms with Crippen LogP contribution in [0.2, 0.25) is 0 Å². The molecule has 8 nitrogen and oxygen atoms in total. The highest BCUT2D eigenvalue weighted by atomic mass is 16.6. The fraction of sp³-hybridized carbons (Fsp3) is 0.455. The molecule has 0 unspecified atom stereocenters. The van der Waals surface area contributed by atoms with Gasteiger partial charge in [0.15, 0.2) is 11.5 Å². The number of hydrogen-bond donors (Lipinski definition) is 1. The van der Waals surface area contributed by atoms with Crippen LogP contribution in [-0.2, 0) is 11.3 Å². The lowest BCUT2D eigenvalue weighted by molar-refractivity contribution is 0.158. The van der Waals surface area contributed by atoms with Gasteiger partial charge in [0.1, 0.15) is 18.5 Å². The Morgan fingerprint density at radius 2 is 2.21 bits per heavy atom. The summed E-state index contributed by atoms with van der Waals surface area (Å²) in [7, 11) is 0. The molecular weight excluding hydrogens is 248 g/mol. The van der Waals surface area contributed by atoms with Gasteiger partial charge in [-0.3, -0.25) is 0 Å². The predicted molar refractivity (Wildman–Crippen MR) is 67.3 cm³/mol. The summed E-state index contributed by atoms with van der Waals surface area (Å²) in [6.45, 7) is 2.53. The first kappa shape index (κ1) is 11.7. The summed E-state index contributed by atoms with van der Waals surface area (Å²) in [4.78, 5) is 25.2. The second kappa shape index (κ2) is 4.71. The van der Waals surface area contributed by atoms with Gasteiger partial charge >= 0.3 is 6.09 Å². The Kier molecular flexibility index (Phi) is 2.90. The molecule has 0 bridgehead atoms. The van der Waals surface area contributed by atoms with Gasteiger partial charge in [-0.05, 0) is 6.42 Å². The van der Waals surface area contributed by atoms with Crippen molar-refractivity contribution in [3.05, 3.63) is 12.7 Å². The number of nitrogens with zero attached hydrogens (tertiary/aromatic N) is 5. The van der Waals surface area contributed by atoms with Crippen molar-refractivity contribution in [1.29, 1.82) is 0 Å². The molecule has 0 aromatic carbocycles. The van der Waals surface area contributed by atoms with Crippen LogP contribution in [0.25, 0.3) is 11.2 Å². The minimum Gasteiger partial charge on any atom is -0.448 e. The lowest BCUT2D eigenvalue weighted by Crippen LogP contribution is -2.26. The quantitative estimate of drug-likeness (QED) is 0.848. The van der Waals surface area contributed by atoms with Crippen LogP contribution in [-0.4, -0.2) is 50.2 Å². The molecular formula is C11H14N6O2. The summed E-state index contributed by atoms with van der Waals surface area (Å²) in [5, 5.41) is 0. The van der Waals surface area contributed by atoms with Crippen molar-refractivity contribution in [2.45, 2.75) is 13.0 Å². The summed E-state index contributed by atoms with van der Waals surface area (Å²) in [6.07, 6.45) is 3.69. The Hall–Kier alpha value is -2.38. The van der Waals surface area contributed by atoms with E-state index in [9.17, 15) is 4.79 Å². The van der Waals surface area contributed by atoms with Gasteiger partial charge in [-0.25, -0.2) is 19.7 Å². The zero-order chi connectivity index (χ0) is 13.2. The van der Waals surface area contributed by atoms with Gasteiger partial charge < -0.3 is 19.9 Å². The molecule has 1 aliphatic rings. The fourth-order valence-corrected chi connectivity index (χ4v) is 2.12. The number of anilines is 1. The number of aromatic nitrogens is 4. The Balaban J connectivity index is 1.65. The highest BCUT2D eigenvalue weighted by Crippen LogP contribution is 2.14. The minimum atomic E-state index is -0.234. The molecule has 1 fully saturated rings. The summed E-state index contributed by atoms with van der Waals surface area (Å²) in [5.41, 5.74) is 7.05. The number of ether oxygens (including phenoxy) is 1. The second-order valence-corrected chi connectivity index (χ2v) is 4.32. The van der Waals surface area contributed by atoms with Gasteiger partial charge in [-0.2, -0.15) is 0 Å². The van der Waals surface area contributed by atoms with Crippen LogP contribution in [0.5, 0.6) is 0 Å². The molecule has 1 aliphatic heterocycles. The van der Waals surface area contributed by atoms with Crippen molar-refractivity contribution < 1.29 is 9.53 Å². The van der Waals surface area contributed by atoms with E-state index >= 15 is 0 Å². The smallest absolute Gasteiger partial charge is 0.409 e. The number of cyclic esters (lactones) is 1. The normalized spacial score (nSPS) is 15.2. The van der Waals surface area contributed by atoms with Gasteiger partial charge in [-0.1, -0.05) is 0 Å². The van der Waals surface area contributed by atoms with E-state index < -0.39 is 0 Å². The van der Waals surface area contributed by atoms with E-state index in [1.165, 1.54) is 6.33 Å². The van der Waals surface area contributed by atoms with Crippen LogP contribution >= 0.6 is 0 Å². The average molecular weight is 262 g/mol. The molecule has 3 rings (SSSR count). The van der Waals surface area contributed by atoms with Crippen LogP contribution in [0, 0.1) is 0 Å². The zero-order valence-electron chi connectivity index (χ0n) is 10.3. The number of hydrogen-bond acceptors (Lipinski definition) is 6. The second-order valence-electron chi connectivity index (χ2n) is 4.32. The summed E-state index contributed by atoms with van der Waals surface area (Å²) in [6, 6.07) is 0. The number of nitrogen functional groups attached to an aromatic ring is 1. The van der Waals surface area contributed by atoms with Gasteiger partial charge in [0, 0.05) is 13.1 Å². The fourth-order valence-electron chi connectivity index (χ4n) is 2.12. The third-order valence-electron chi connectivity index (χ3n) is 3.10. The number of fused-ring (bicyclic) bond motifs is 1. The number of amides is 1. The Morgan fingerprint density at radius 1 is 1.32 bits per heavy atom. The third-order valence-corrected chi connectivity index (χ3v) is 3.10. The molecule has 0 saturated carbocycles. The summed E-state index contributed by atoms with van der Waals surface area (Å²) < 4.78 is 6.78. The largest absolute Gasteiger partial charge is 0.448 e. The highest BCUT2D eigenvalue weighted by molar-refractivity contribution is 5.81. The first-order chi connectivity index (χ1) is 9.25. The molecule has 1 saturated heterocycles. The summed E-state index contributed by atoms with van der Waals surface area (Å²) >= 11 is 0. The van der Waals surface area contributed by atoms with Gasteiger partial charge in [0.05, 0.1) is 12.9 Å². The molecule has 2 N–H and O–H groups in total. The van der Waals surface area contributed by atoms with Crippen molar-refractivity contribution in [2.75, 3.05) is 25.4 Å².